The van der Waals surface area contributed by atoms with Crippen LogP contribution >= 0.6 is 0 Å². The molecule has 2 unspecified atom stereocenters. The molecule has 1 N–H and O–H groups in total. The number of aliphatic hydroxyl groups excluding tert-OH is 1. The number of likely N-dealkylation sites (N-methyl/N-ethyl adjacent to an activating group) is 1. The van der Waals surface area contributed by atoms with Crippen LogP contribution in [-0.4, -0.2) is 50.2 Å². The number of nitrogens with zero attached hydrogens (tertiary/aromatic N) is 1. The van der Waals surface area contributed by atoms with Crippen LogP contribution in [0.2, 0.25) is 0 Å². The van der Waals surface area contributed by atoms with Gasteiger partial charge in [0.15, 0.2) is 0 Å². The molecule has 0 aliphatic carbocycles. The Bertz CT molecular complexity index is 406. The van der Waals surface area contributed by atoms with Crippen molar-refractivity contribution in [1.29, 1.82) is 0 Å². The zero-order chi connectivity index (χ0) is 15.1. The van der Waals surface area contributed by atoms with Gasteiger partial charge in [-0.2, -0.15) is 0 Å². The first-order chi connectivity index (χ1) is 10.2. The molecule has 1 aliphatic rings. The molecular weight excluding hydrogens is 273 g/mol. The lowest BCUT2D eigenvalue weighted by molar-refractivity contribution is -0.0149. The molecule has 4 nitrogen and oxygen atoms in total. The number of rotatable bonds is 8. The Balaban J connectivity index is 1.73. The molecule has 0 amide bonds. The minimum Gasteiger partial charge on any atom is -0.389 e. The fourth-order valence-corrected chi connectivity index (χ4v) is 2.49. The highest BCUT2D eigenvalue weighted by Gasteiger charge is 2.17. The standard InChI is InChI=1S/C16H24FNO3/c1-2-18(14-7-5-13(17)6-8-14)10-15(19)11-20-12-16-4-3-9-21-16/h5-8,15-16,19H,2-4,9-12H2,1H3. The van der Waals surface area contributed by atoms with Gasteiger partial charge in [0.1, 0.15) is 5.82 Å². The van der Waals surface area contributed by atoms with Crippen LogP contribution < -0.4 is 4.90 Å². The maximum Gasteiger partial charge on any atom is 0.123 e. The van der Waals surface area contributed by atoms with Crippen molar-refractivity contribution in [2.24, 2.45) is 0 Å². The van der Waals surface area contributed by atoms with E-state index in [1.165, 1.54) is 12.1 Å². The summed E-state index contributed by atoms with van der Waals surface area (Å²) < 4.78 is 23.9. The Hall–Kier alpha value is -1.17. The van der Waals surface area contributed by atoms with Crippen LogP contribution in [0, 0.1) is 5.82 Å². The van der Waals surface area contributed by atoms with Crippen molar-refractivity contribution in [2.75, 3.05) is 37.8 Å². The molecule has 0 radical (unpaired) electrons. The topological polar surface area (TPSA) is 41.9 Å². The molecule has 0 bridgehead atoms. The van der Waals surface area contributed by atoms with Crippen LogP contribution in [0.1, 0.15) is 19.8 Å². The normalized spacial score (nSPS) is 19.7. The van der Waals surface area contributed by atoms with E-state index in [9.17, 15) is 9.50 Å². The van der Waals surface area contributed by atoms with E-state index in [0.29, 0.717) is 13.2 Å². The van der Waals surface area contributed by atoms with Gasteiger partial charge in [-0.15, -0.1) is 0 Å². The van der Waals surface area contributed by atoms with Crippen molar-refractivity contribution >= 4 is 5.69 Å². The Morgan fingerprint density at radius 2 is 2.19 bits per heavy atom. The lowest BCUT2D eigenvalue weighted by Crippen LogP contribution is -2.35. The van der Waals surface area contributed by atoms with Gasteiger partial charge in [-0.05, 0) is 44.0 Å². The van der Waals surface area contributed by atoms with Gasteiger partial charge in [-0.25, -0.2) is 4.39 Å². The summed E-state index contributed by atoms with van der Waals surface area (Å²) in [7, 11) is 0. The van der Waals surface area contributed by atoms with Crippen molar-refractivity contribution in [3.63, 3.8) is 0 Å². The first-order valence-corrected chi connectivity index (χ1v) is 7.57. The van der Waals surface area contributed by atoms with E-state index < -0.39 is 6.10 Å². The maximum atomic E-state index is 12.9. The summed E-state index contributed by atoms with van der Waals surface area (Å²) in [5, 5.41) is 10.1. The van der Waals surface area contributed by atoms with Crippen LogP contribution in [-0.2, 0) is 9.47 Å². The second-order valence-electron chi connectivity index (χ2n) is 5.34. The smallest absolute Gasteiger partial charge is 0.123 e. The lowest BCUT2D eigenvalue weighted by Gasteiger charge is -2.26. The van der Waals surface area contributed by atoms with Crippen LogP contribution in [0.3, 0.4) is 0 Å². The Morgan fingerprint density at radius 1 is 1.43 bits per heavy atom. The fraction of sp³-hybridized carbons (Fsp3) is 0.625. The second-order valence-corrected chi connectivity index (χ2v) is 5.34. The third-order valence-corrected chi connectivity index (χ3v) is 3.64. The van der Waals surface area contributed by atoms with E-state index in [0.717, 1.165) is 31.7 Å². The van der Waals surface area contributed by atoms with Crippen LogP contribution in [0.4, 0.5) is 10.1 Å². The molecule has 0 aromatic heterocycles. The van der Waals surface area contributed by atoms with Crippen molar-refractivity contribution in [2.45, 2.75) is 32.0 Å². The van der Waals surface area contributed by atoms with E-state index in [1.807, 2.05) is 11.8 Å². The molecule has 1 saturated heterocycles. The van der Waals surface area contributed by atoms with Crippen LogP contribution in [0.25, 0.3) is 0 Å². The summed E-state index contributed by atoms with van der Waals surface area (Å²) in [6.45, 7) is 4.85. The quantitative estimate of drug-likeness (QED) is 0.799. The van der Waals surface area contributed by atoms with Gasteiger partial charge < -0.3 is 19.5 Å². The largest absolute Gasteiger partial charge is 0.389 e. The third-order valence-electron chi connectivity index (χ3n) is 3.64. The van der Waals surface area contributed by atoms with Crippen LogP contribution in [0.5, 0.6) is 0 Å². The zero-order valence-corrected chi connectivity index (χ0v) is 12.5. The van der Waals surface area contributed by atoms with E-state index >= 15 is 0 Å². The van der Waals surface area contributed by atoms with Crippen molar-refractivity contribution in [3.05, 3.63) is 30.1 Å². The molecule has 1 aliphatic heterocycles. The van der Waals surface area contributed by atoms with Gasteiger partial charge in [0.05, 0.1) is 25.4 Å². The Morgan fingerprint density at radius 3 is 2.81 bits per heavy atom. The van der Waals surface area contributed by atoms with Gasteiger partial charge in [0.25, 0.3) is 0 Å². The monoisotopic (exact) mass is 297 g/mol. The summed E-state index contributed by atoms with van der Waals surface area (Å²) >= 11 is 0. The zero-order valence-electron chi connectivity index (χ0n) is 12.5. The van der Waals surface area contributed by atoms with Crippen LogP contribution in [0.15, 0.2) is 24.3 Å². The molecule has 0 spiro atoms. The highest BCUT2D eigenvalue weighted by molar-refractivity contribution is 5.46. The van der Waals surface area contributed by atoms with E-state index in [2.05, 4.69) is 0 Å². The molecular formula is C16H24FNO3. The predicted molar refractivity (Wildman–Crippen MR) is 80.1 cm³/mol. The second kappa shape index (κ2) is 8.32. The molecule has 1 aromatic carbocycles. The molecule has 1 heterocycles. The summed E-state index contributed by atoms with van der Waals surface area (Å²) in [5.41, 5.74) is 0.900. The molecule has 0 saturated carbocycles. The summed E-state index contributed by atoms with van der Waals surface area (Å²) in [6.07, 6.45) is 1.73. The molecule has 5 heteroatoms. The number of benzene rings is 1. The number of aliphatic hydroxyl groups is 1. The first kappa shape index (κ1) is 16.2. The molecule has 1 aromatic rings. The summed E-state index contributed by atoms with van der Waals surface area (Å²) in [4.78, 5) is 2.00. The number of anilines is 1. The van der Waals surface area contributed by atoms with E-state index in [-0.39, 0.29) is 18.5 Å². The van der Waals surface area contributed by atoms with Gasteiger partial charge in [-0.3, -0.25) is 0 Å². The fourth-order valence-electron chi connectivity index (χ4n) is 2.49. The highest BCUT2D eigenvalue weighted by atomic mass is 19.1. The molecule has 1 fully saturated rings. The predicted octanol–water partition coefficient (Wildman–Crippen LogP) is 2.21. The van der Waals surface area contributed by atoms with E-state index in [4.69, 9.17) is 9.47 Å². The SMILES string of the molecule is CCN(CC(O)COCC1CCCO1)c1ccc(F)cc1. The minimum atomic E-state index is -0.573. The number of ether oxygens (including phenoxy) is 2. The maximum absolute atomic E-state index is 12.9. The van der Waals surface area contributed by atoms with Gasteiger partial charge in [-0.1, -0.05) is 0 Å². The van der Waals surface area contributed by atoms with Gasteiger partial charge >= 0.3 is 0 Å². The van der Waals surface area contributed by atoms with Crippen molar-refractivity contribution in [1.82, 2.24) is 0 Å². The van der Waals surface area contributed by atoms with Crippen molar-refractivity contribution < 1.29 is 19.0 Å². The Labute approximate surface area is 125 Å². The van der Waals surface area contributed by atoms with Gasteiger partial charge in [0.2, 0.25) is 0 Å². The molecule has 2 rings (SSSR count). The average Bonchev–Trinajstić information content (AvgIpc) is 2.99. The summed E-state index contributed by atoms with van der Waals surface area (Å²) in [6, 6.07) is 6.30. The highest BCUT2D eigenvalue weighted by Crippen LogP contribution is 2.15. The molecule has 118 valence electrons. The summed E-state index contributed by atoms with van der Waals surface area (Å²) in [5.74, 6) is -0.254. The number of hydrogen-bond acceptors (Lipinski definition) is 4. The average molecular weight is 297 g/mol. The Kier molecular flexibility index (Phi) is 6.42. The number of halogens is 1. The lowest BCUT2D eigenvalue weighted by atomic mass is 10.2. The first-order valence-electron chi connectivity index (χ1n) is 7.57. The number of hydrogen-bond donors (Lipinski definition) is 1. The van der Waals surface area contributed by atoms with E-state index in [1.54, 1.807) is 12.1 Å². The van der Waals surface area contributed by atoms with Crippen molar-refractivity contribution in [3.8, 4) is 0 Å². The molecule has 21 heavy (non-hydrogen) atoms. The molecule has 2 atom stereocenters. The third kappa shape index (κ3) is 5.26. The van der Waals surface area contributed by atoms with Gasteiger partial charge in [0, 0.05) is 25.4 Å². The minimum absolute atomic E-state index is 0.177.